The fraction of sp³-hybridized carbons (Fsp3) is 0.423. The average Bonchev–Trinajstić information content (AvgIpc) is 3.13. The molecule has 186 valence electrons. The number of carbonyl (C=O) groups is 2. The van der Waals surface area contributed by atoms with Crippen molar-refractivity contribution in [2.24, 2.45) is 0 Å². The van der Waals surface area contributed by atoms with E-state index in [-0.39, 0.29) is 11.9 Å². The van der Waals surface area contributed by atoms with Gasteiger partial charge in [-0.25, -0.2) is 14.2 Å². The van der Waals surface area contributed by atoms with Crippen LogP contribution in [0.5, 0.6) is 0 Å². The van der Waals surface area contributed by atoms with Gasteiger partial charge in [0.15, 0.2) is 6.29 Å². The van der Waals surface area contributed by atoms with Crippen LogP contribution in [0.15, 0.2) is 24.3 Å². The molecule has 4 rings (SSSR count). The van der Waals surface area contributed by atoms with Gasteiger partial charge in [-0.05, 0) is 63.4 Å². The highest BCUT2D eigenvalue weighted by molar-refractivity contribution is 6.31. The van der Waals surface area contributed by atoms with E-state index in [1.165, 1.54) is 0 Å². The highest BCUT2D eigenvalue weighted by Crippen LogP contribution is 2.30. The fourth-order valence-corrected chi connectivity index (χ4v) is 4.63. The third-order valence-electron chi connectivity index (χ3n) is 6.01. The molecule has 0 N–H and O–H groups in total. The Kier molecular flexibility index (Phi) is 6.77. The number of amides is 1. The summed E-state index contributed by atoms with van der Waals surface area (Å²) in [7, 11) is 0. The second-order valence-electron chi connectivity index (χ2n) is 9.98. The number of ether oxygens (including phenoxy) is 1. The molecular formula is C26H30ClFN4O3. The first-order chi connectivity index (χ1) is 16.5. The van der Waals surface area contributed by atoms with E-state index in [9.17, 15) is 14.0 Å². The lowest BCUT2D eigenvalue weighted by molar-refractivity contribution is 0.0240. The Balaban J connectivity index is 1.70. The molecule has 1 aliphatic rings. The summed E-state index contributed by atoms with van der Waals surface area (Å²) in [4.78, 5) is 32.9. The van der Waals surface area contributed by atoms with Crippen molar-refractivity contribution >= 4 is 41.0 Å². The van der Waals surface area contributed by atoms with Gasteiger partial charge in [0.05, 0.1) is 12.1 Å². The van der Waals surface area contributed by atoms with Crippen LogP contribution in [0.2, 0.25) is 5.02 Å². The molecule has 2 aromatic carbocycles. The summed E-state index contributed by atoms with van der Waals surface area (Å²) in [5.74, 6) is 0.461. The van der Waals surface area contributed by atoms with Crippen LogP contribution in [0, 0.1) is 19.7 Å². The van der Waals surface area contributed by atoms with Crippen molar-refractivity contribution in [2.75, 3.05) is 31.1 Å². The Morgan fingerprint density at radius 1 is 1.11 bits per heavy atom. The zero-order valence-electron chi connectivity index (χ0n) is 20.7. The van der Waals surface area contributed by atoms with Gasteiger partial charge in [-0.15, -0.1) is 0 Å². The molecule has 0 unspecified atom stereocenters. The van der Waals surface area contributed by atoms with Crippen molar-refractivity contribution in [3.63, 3.8) is 0 Å². The van der Waals surface area contributed by atoms with E-state index >= 15 is 0 Å². The van der Waals surface area contributed by atoms with E-state index in [1.807, 2.05) is 37.5 Å². The van der Waals surface area contributed by atoms with E-state index < -0.39 is 5.60 Å². The van der Waals surface area contributed by atoms with Crippen LogP contribution in [0.1, 0.15) is 47.8 Å². The standard InChI is InChI=1S/C26H30ClFN4O3/c1-16-10-18(11-17(2)22(16)28)14-32-21-13-20(27)12-19(15-33)23(21)29-24(32)30-6-8-31(9-7-30)25(34)35-26(3,4)5/h10-13,15H,6-9,14H2,1-5H3. The van der Waals surface area contributed by atoms with Crippen molar-refractivity contribution in [1.82, 2.24) is 14.5 Å². The molecule has 1 amide bonds. The van der Waals surface area contributed by atoms with Gasteiger partial charge in [0.2, 0.25) is 5.95 Å². The van der Waals surface area contributed by atoms with Crippen molar-refractivity contribution < 1.29 is 18.7 Å². The van der Waals surface area contributed by atoms with Crippen LogP contribution in [0.4, 0.5) is 15.1 Å². The number of hydrogen-bond acceptors (Lipinski definition) is 5. The number of rotatable bonds is 4. The maximum atomic E-state index is 14.2. The molecule has 7 nitrogen and oxygen atoms in total. The number of carbonyl (C=O) groups excluding carboxylic acids is 2. The molecule has 9 heteroatoms. The Morgan fingerprint density at radius 2 is 1.74 bits per heavy atom. The zero-order chi connectivity index (χ0) is 25.5. The first-order valence-corrected chi connectivity index (χ1v) is 12.0. The Labute approximate surface area is 209 Å². The van der Waals surface area contributed by atoms with Crippen molar-refractivity contribution in [3.05, 3.63) is 57.4 Å². The number of halogens is 2. The molecule has 3 aromatic rings. The number of aromatic nitrogens is 2. The molecule has 0 atom stereocenters. The Hall–Kier alpha value is -3.13. The smallest absolute Gasteiger partial charge is 0.410 e. The van der Waals surface area contributed by atoms with Crippen LogP contribution in [-0.2, 0) is 11.3 Å². The van der Waals surface area contributed by atoms with Gasteiger partial charge in [-0.2, -0.15) is 0 Å². The molecule has 0 aliphatic carbocycles. The Bertz CT molecular complexity index is 1270. The normalized spacial score (nSPS) is 14.5. The molecule has 1 saturated heterocycles. The quantitative estimate of drug-likeness (QED) is 0.451. The fourth-order valence-electron chi connectivity index (χ4n) is 4.41. The largest absolute Gasteiger partial charge is 0.444 e. The number of aryl methyl sites for hydroxylation is 2. The first kappa shape index (κ1) is 25.0. The molecule has 1 aromatic heterocycles. The van der Waals surface area contributed by atoms with Crippen LogP contribution < -0.4 is 4.90 Å². The summed E-state index contributed by atoms with van der Waals surface area (Å²) in [5.41, 5.74) is 3.20. The van der Waals surface area contributed by atoms with E-state index in [0.29, 0.717) is 65.9 Å². The monoisotopic (exact) mass is 500 g/mol. The Morgan fingerprint density at radius 3 is 2.31 bits per heavy atom. The second-order valence-corrected chi connectivity index (χ2v) is 10.4. The molecule has 0 spiro atoms. The summed E-state index contributed by atoms with van der Waals surface area (Å²) in [6.07, 6.45) is 0.417. The molecule has 0 saturated carbocycles. The summed E-state index contributed by atoms with van der Waals surface area (Å²) in [5, 5.41) is 0.438. The van der Waals surface area contributed by atoms with Crippen LogP contribution in [0.25, 0.3) is 11.0 Å². The second kappa shape index (κ2) is 9.49. The number of piperazine rings is 1. The number of hydrogen-bond donors (Lipinski definition) is 0. The molecule has 0 bridgehead atoms. The van der Waals surface area contributed by atoms with Crippen LogP contribution in [-0.4, -0.2) is 58.6 Å². The molecule has 0 radical (unpaired) electrons. The zero-order valence-corrected chi connectivity index (χ0v) is 21.4. The average molecular weight is 501 g/mol. The molecule has 1 fully saturated rings. The van der Waals surface area contributed by atoms with Crippen molar-refractivity contribution in [1.29, 1.82) is 0 Å². The highest BCUT2D eigenvalue weighted by Gasteiger charge is 2.28. The predicted octanol–water partition coefficient (Wildman–Crippen LogP) is 5.36. The topological polar surface area (TPSA) is 67.7 Å². The number of aldehydes is 1. The number of nitrogens with zero attached hydrogens (tertiary/aromatic N) is 4. The van der Waals surface area contributed by atoms with E-state index in [1.54, 1.807) is 30.9 Å². The SMILES string of the molecule is Cc1cc(Cn2c(N3CCN(C(=O)OC(C)(C)C)CC3)nc3c(C=O)cc(Cl)cc32)cc(C)c1F. The van der Waals surface area contributed by atoms with E-state index in [4.69, 9.17) is 21.3 Å². The minimum Gasteiger partial charge on any atom is -0.444 e. The lowest BCUT2D eigenvalue weighted by atomic mass is 10.1. The first-order valence-electron chi connectivity index (χ1n) is 11.6. The summed E-state index contributed by atoms with van der Waals surface area (Å²) >= 11 is 6.33. The maximum Gasteiger partial charge on any atom is 0.410 e. The maximum absolute atomic E-state index is 14.2. The van der Waals surface area contributed by atoms with E-state index in [0.717, 1.165) is 17.4 Å². The van der Waals surface area contributed by atoms with Gasteiger partial charge in [-0.3, -0.25) is 4.79 Å². The lowest BCUT2D eigenvalue weighted by Gasteiger charge is -2.36. The number of fused-ring (bicyclic) bond motifs is 1. The van der Waals surface area contributed by atoms with Gasteiger partial charge >= 0.3 is 6.09 Å². The number of benzene rings is 2. The highest BCUT2D eigenvalue weighted by atomic mass is 35.5. The van der Waals surface area contributed by atoms with Gasteiger partial charge in [0.1, 0.15) is 16.9 Å². The van der Waals surface area contributed by atoms with Crippen molar-refractivity contribution in [2.45, 2.75) is 46.8 Å². The van der Waals surface area contributed by atoms with E-state index in [2.05, 4.69) is 4.90 Å². The minimum atomic E-state index is -0.557. The number of anilines is 1. The summed E-state index contributed by atoms with van der Waals surface area (Å²) in [6, 6.07) is 7.04. The predicted molar refractivity (Wildman–Crippen MR) is 135 cm³/mol. The molecule has 35 heavy (non-hydrogen) atoms. The summed E-state index contributed by atoms with van der Waals surface area (Å²) in [6.45, 7) is 11.5. The third kappa shape index (κ3) is 5.27. The van der Waals surface area contributed by atoms with Crippen LogP contribution in [0.3, 0.4) is 0 Å². The van der Waals surface area contributed by atoms with Crippen LogP contribution >= 0.6 is 11.6 Å². The molecular weight excluding hydrogens is 471 g/mol. The molecule has 1 aliphatic heterocycles. The van der Waals surface area contributed by atoms with Crippen molar-refractivity contribution in [3.8, 4) is 0 Å². The number of imidazole rings is 1. The van der Waals surface area contributed by atoms with Gasteiger partial charge < -0.3 is 19.1 Å². The minimum absolute atomic E-state index is 0.214. The van der Waals surface area contributed by atoms with Gasteiger partial charge in [0.25, 0.3) is 0 Å². The summed E-state index contributed by atoms with van der Waals surface area (Å²) < 4.78 is 21.8. The lowest BCUT2D eigenvalue weighted by Crippen LogP contribution is -2.50. The van der Waals surface area contributed by atoms with Gasteiger partial charge in [-0.1, -0.05) is 23.7 Å². The third-order valence-corrected chi connectivity index (χ3v) is 6.22. The molecule has 2 heterocycles. The van der Waals surface area contributed by atoms with Gasteiger partial charge in [0, 0.05) is 36.8 Å².